The average Bonchev–Trinajstić information content (AvgIpc) is 3.02. The highest BCUT2D eigenvalue weighted by atomic mass is 16.4. The van der Waals surface area contributed by atoms with Crippen molar-refractivity contribution in [3.8, 4) is 0 Å². The van der Waals surface area contributed by atoms with E-state index in [9.17, 15) is 9.59 Å². The molecule has 2 fully saturated rings. The lowest BCUT2D eigenvalue weighted by molar-refractivity contribution is -0.143. The Labute approximate surface area is 88.4 Å². The first-order valence-corrected chi connectivity index (χ1v) is 5.45. The molecule has 5 nitrogen and oxygen atoms in total. The van der Waals surface area contributed by atoms with E-state index in [0.717, 1.165) is 19.3 Å². The zero-order chi connectivity index (χ0) is 10.8. The molecular weight excluding hydrogens is 196 g/mol. The van der Waals surface area contributed by atoms with Gasteiger partial charge in [0.05, 0.1) is 5.92 Å². The Bertz CT molecular complexity index is 276. The standard InChI is InChI=1S/C10H16N2O3/c13-9(14)7-2-1-5-12(6-7)10(15)11-8-3-4-8/h7-8H,1-6H2,(H,11,15)(H,13,14). The summed E-state index contributed by atoms with van der Waals surface area (Å²) in [5.41, 5.74) is 0. The molecule has 0 aromatic carbocycles. The van der Waals surface area contributed by atoms with Crippen molar-refractivity contribution in [1.82, 2.24) is 10.2 Å². The van der Waals surface area contributed by atoms with Gasteiger partial charge in [-0.1, -0.05) is 0 Å². The molecule has 1 saturated heterocycles. The number of likely N-dealkylation sites (tertiary alicyclic amines) is 1. The van der Waals surface area contributed by atoms with Crippen LogP contribution in [0.5, 0.6) is 0 Å². The molecule has 2 rings (SSSR count). The van der Waals surface area contributed by atoms with Crippen molar-refractivity contribution < 1.29 is 14.7 Å². The Kier molecular flexibility index (Phi) is 2.79. The van der Waals surface area contributed by atoms with E-state index < -0.39 is 5.97 Å². The number of amides is 2. The van der Waals surface area contributed by atoms with Gasteiger partial charge in [0.25, 0.3) is 0 Å². The molecule has 2 amide bonds. The quantitative estimate of drug-likeness (QED) is 0.706. The fourth-order valence-electron chi connectivity index (χ4n) is 1.86. The Morgan fingerprint density at radius 1 is 1.27 bits per heavy atom. The van der Waals surface area contributed by atoms with Crippen LogP contribution in [0.3, 0.4) is 0 Å². The normalized spacial score (nSPS) is 26.1. The van der Waals surface area contributed by atoms with Crippen LogP contribution in [0.1, 0.15) is 25.7 Å². The molecule has 15 heavy (non-hydrogen) atoms. The maximum atomic E-state index is 11.6. The summed E-state index contributed by atoms with van der Waals surface area (Å²) < 4.78 is 0. The predicted molar refractivity (Wildman–Crippen MR) is 53.5 cm³/mol. The molecule has 0 aromatic rings. The van der Waals surface area contributed by atoms with Gasteiger partial charge in [0, 0.05) is 19.1 Å². The number of hydrogen-bond donors (Lipinski definition) is 2. The molecule has 2 aliphatic rings. The maximum Gasteiger partial charge on any atom is 0.317 e. The summed E-state index contributed by atoms with van der Waals surface area (Å²) in [6.45, 7) is 1.04. The highest BCUT2D eigenvalue weighted by Gasteiger charge is 2.31. The average molecular weight is 212 g/mol. The smallest absolute Gasteiger partial charge is 0.317 e. The Morgan fingerprint density at radius 2 is 2.00 bits per heavy atom. The Balaban J connectivity index is 1.85. The van der Waals surface area contributed by atoms with Crippen LogP contribution in [-0.4, -0.2) is 41.1 Å². The summed E-state index contributed by atoms with van der Waals surface area (Å²) in [5.74, 6) is -1.18. The van der Waals surface area contributed by atoms with Gasteiger partial charge in [0.1, 0.15) is 0 Å². The van der Waals surface area contributed by atoms with E-state index in [1.165, 1.54) is 0 Å². The number of piperidine rings is 1. The summed E-state index contributed by atoms with van der Waals surface area (Å²) in [6.07, 6.45) is 3.58. The van der Waals surface area contributed by atoms with E-state index in [2.05, 4.69) is 5.32 Å². The number of carbonyl (C=O) groups excluding carboxylic acids is 1. The number of urea groups is 1. The molecular formula is C10H16N2O3. The van der Waals surface area contributed by atoms with Gasteiger partial charge < -0.3 is 15.3 Å². The molecule has 2 N–H and O–H groups in total. The fraction of sp³-hybridized carbons (Fsp3) is 0.800. The van der Waals surface area contributed by atoms with Crippen LogP contribution in [-0.2, 0) is 4.79 Å². The van der Waals surface area contributed by atoms with E-state index >= 15 is 0 Å². The summed E-state index contributed by atoms with van der Waals surface area (Å²) in [4.78, 5) is 24.1. The number of hydrogen-bond acceptors (Lipinski definition) is 2. The number of rotatable bonds is 2. The second-order valence-corrected chi connectivity index (χ2v) is 4.35. The second kappa shape index (κ2) is 4.08. The lowest BCUT2D eigenvalue weighted by Crippen LogP contribution is -2.47. The van der Waals surface area contributed by atoms with Gasteiger partial charge in [0.15, 0.2) is 0 Å². The molecule has 0 aromatic heterocycles. The van der Waals surface area contributed by atoms with Gasteiger partial charge in [-0.3, -0.25) is 4.79 Å². The molecule has 1 aliphatic carbocycles. The monoisotopic (exact) mass is 212 g/mol. The van der Waals surface area contributed by atoms with E-state index in [1.807, 2.05) is 0 Å². The van der Waals surface area contributed by atoms with Crippen molar-refractivity contribution in [2.75, 3.05) is 13.1 Å². The molecule has 1 heterocycles. The topological polar surface area (TPSA) is 69.6 Å². The van der Waals surface area contributed by atoms with Gasteiger partial charge in [-0.05, 0) is 25.7 Å². The third kappa shape index (κ3) is 2.61. The van der Waals surface area contributed by atoms with Gasteiger partial charge in [-0.15, -0.1) is 0 Å². The Hall–Kier alpha value is -1.26. The van der Waals surface area contributed by atoms with Crippen LogP contribution < -0.4 is 5.32 Å². The minimum absolute atomic E-state index is 0.0940. The predicted octanol–water partition coefficient (Wildman–Crippen LogP) is 0.655. The van der Waals surface area contributed by atoms with Gasteiger partial charge in [0.2, 0.25) is 0 Å². The summed E-state index contributed by atoms with van der Waals surface area (Å²) in [5, 5.41) is 11.8. The van der Waals surface area contributed by atoms with Crippen molar-refractivity contribution in [1.29, 1.82) is 0 Å². The van der Waals surface area contributed by atoms with Crippen LogP contribution in [0.4, 0.5) is 4.79 Å². The van der Waals surface area contributed by atoms with Crippen LogP contribution in [0.25, 0.3) is 0 Å². The minimum atomic E-state index is -0.793. The van der Waals surface area contributed by atoms with E-state index in [0.29, 0.717) is 25.6 Å². The van der Waals surface area contributed by atoms with Crippen LogP contribution in [0.2, 0.25) is 0 Å². The maximum absolute atomic E-state index is 11.6. The first-order chi connectivity index (χ1) is 7.16. The highest BCUT2D eigenvalue weighted by molar-refractivity contribution is 5.77. The van der Waals surface area contributed by atoms with Crippen LogP contribution in [0.15, 0.2) is 0 Å². The van der Waals surface area contributed by atoms with Crippen LogP contribution in [0, 0.1) is 5.92 Å². The molecule has 1 saturated carbocycles. The van der Waals surface area contributed by atoms with Crippen molar-refractivity contribution in [2.24, 2.45) is 5.92 Å². The molecule has 5 heteroatoms. The third-order valence-electron chi connectivity index (χ3n) is 2.96. The number of nitrogens with zero attached hydrogens (tertiary/aromatic N) is 1. The second-order valence-electron chi connectivity index (χ2n) is 4.35. The van der Waals surface area contributed by atoms with Gasteiger partial charge >= 0.3 is 12.0 Å². The van der Waals surface area contributed by atoms with Crippen molar-refractivity contribution in [3.63, 3.8) is 0 Å². The van der Waals surface area contributed by atoms with Crippen molar-refractivity contribution in [2.45, 2.75) is 31.7 Å². The van der Waals surface area contributed by atoms with E-state index in [-0.39, 0.29) is 11.9 Å². The largest absolute Gasteiger partial charge is 0.481 e. The van der Waals surface area contributed by atoms with E-state index in [1.54, 1.807) is 4.90 Å². The van der Waals surface area contributed by atoms with Gasteiger partial charge in [-0.2, -0.15) is 0 Å². The van der Waals surface area contributed by atoms with Crippen LogP contribution >= 0.6 is 0 Å². The summed E-state index contributed by atoms with van der Waals surface area (Å²) >= 11 is 0. The number of carboxylic acid groups (broad SMARTS) is 1. The zero-order valence-corrected chi connectivity index (χ0v) is 8.61. The highest BCUT2D eigenvalue weighted by Crippen LogP contribution is 2.21. The minimum Gasteiger partial charge on any atom is -0.481 e. The third-order valence-corrected chi connectivity index (χ3v) is 2.96. The number of carbonyl (C=O) groups is 2. The number of carboxylic acids is 1. The SMILES string of the molecule is O=C(O)C1CCCN(C(=O)NC2CC2)C1. The molecule has 0 radical (unpaired) electrons. The Morgan fingerprint density at radius 3 is 2.60 bits per heavy atom. The molecule has 1 aliphatic heterocycles. The van der Waals surface area contributed by atoms with Crippen molar-refractivity contribution >= 4 is 12.0 Å². The van der Waals surface area contributed by atoms with Gasteiger partial charge in [-0.25, -0.2) is 4.79 Å². The lowest BCUT2D eigenvalue weighted by atomic mass is 9.99. The van der Waals surface area contributed by atoms with E-state index in [4.69, 9.17) is 5.11 Å². The van der Waals surface area contributed by atoms with Crippen molar-refractivity contribution in [3.05, 3.63) is 0 Å². The summed E-state index contributed by atoms with van der Waals surface area (Å²) in [7, 11) is 0. The summed E-state index contributed by atoms with van der Waals surface area (Å²) in [6, 6.07) is 0.242. The molecule has 1 unspecified atom stereocenters. The number of nitrogens with one attached hydrogen (secondary N) is 1. The molecule has 0 bridgehead atoms. The number of aliphatic carboxylic acids is 1. The first kappa shape index (κ1) is 10.3. The molecule has 0 spiro atoms. The zero-order valence-electron chi connectivity index (χ0n) is 8.61. The first-order valence-electron chi connectivity index (χ1n) is 5.45. The molecule has 84 valence electrons. The lowest BCUT2D eigenvalue weighted by Gasteiger charge is -2.30. The molecule has 1 atom stereocenters. The fourth-order valence-corrected chi connectivity index (χ4v) is 1.86.